The quantitative estimate of drug-likeness (QED) is 0.778. The first-order chi connectivity index (χ1) is 8.24. The van der Waals surface area contributed by atoms with Gasteiger partial charge in [0.15, 0.2) is 0 Å². The zero-order valence-electron chi connectivity index (χ0n) is 10.1. The number of nitrogen functional groups attached to an aromatic ring is 1. The Morgan fingerprint density at radius 3 is 2.94 bits per heavy atom. The van der Waals surface area contributed by atoms with Crippen molar-refractivity contribution in [3.05, 3.63) is 12.4 Å². The van der Waals surface area contributed by atoms with E-state index in [9.17, 15) is 0 Å². The van der Waals surface area contributed by atoms with Gasteiger partial charge in [0.05, 0.1) is 13.2 Å². The zero-order valence-corrected chi connectivity index (χ0v) is 10.1. The highest BCUT2D eigenvalue weighted by Crippen LogP contribution is 2.07. The Morgan fingerprint density at radius 1 is 1.47 bits per heavy atom. The molecule has 0 aliphatic carbocycles. The topological polar surface area (TPSA) is 76.3 Å². The molecule has 0 amide bonds. The largest absolute Gasteiger partial charge is 0.384 e. The van der Waals surface area contributed by atoms with E-state index in [1.54, 1.807) is 6.07 Å². The van der Waals surface area contributed by atoms with Gasteiger partial charge in [0.1, 0.15) is 18.0 Å². The summed E-state index contributed by atoms with van der Waals surface area (Å²) < 4.78 is 5.32. The fourth-order valence-corrected chi connectivity index (χ4v) is 1.92. The van der Waals surface area contributed by atoms with E-state index in [1.807, 2.05) is 0 Å². The van der Waals surface area contributed by atoms with E-state index < -0.39 is 0 Å². The number of anilines is 2. The van der Waals surface area contributed by atoms with E-state index in [-0.39, 0.29) is 0 Å². The molecule has 1 aromatic heterocycles. The van der Waals surface area contributed by atoms with E-state index >= 15 is 0 Å². The van der Waals surface area contributed by atoms with Gasteiger partial charge in [-0.2, -0.15) is 0 Å². The summed E-state index contributed by atoms with van der Waals surface area (Å²) in [6.45, 7) is 6.76. The van der Waals surface area contributed by atoms with Crippen LogP contribution in [0.5, 0.6) is 0 Å². The maximum atomic E-state index is 5.60. The number of nitrogens with two attached hydrogens (primary N) is 1. The van der Waals surface area contributed by atoms with Crippen molar-refractivity contribution in [3.63, 3.8) is 0 Å². The normalized spacial score (nSPS) is 18.9. The van der Waals surface area contributed by atoms with Crippen molar-refractivity contribution < 1.29 is 4.74 Å². The van der Waals surface area contributed by atoms with Gasteiger partial charge in [-0.05, 0) is 6.92 Å². The minimum absolute atomic E-state index is 0.322. The summed E-state index contributed by atoms with van der Waals surface area (Å²) in [4.78, 5) is 10.4. The zero-order chi connectivity index (χ0) is 12.1. The van der Waals surface area contributed by atoms with Crippen LogP contribution in [0.2, 0.25) is 0 Å². The third-order valence-electron chi connectivity index (χ3n) is 2.72. The molecule has 2 rings (SSSR count). The van der Waals surface area contributed by atoms with Gasteiger partial charge >= 0.3 is 0 Å². The first-order valence-electron chi connectivity index (χ1n) is 5.88. The highest BCUT2D eigenvalue weighted by molar-refractivity contribution is 5.43. The van der Waals surface area contributed by atoms with Crippen molar-refractivity contribution in [2.75, 3.05) is 43.9 Å². The Balaban J connectivity index is 1.82. The van der Waals surface area contributed by atoms with Crippen molar-refractivity contribution in [1.29, 1.82) is 0 Å². The molecule has 0 spiro atoms. The van der Waals surface area contributed by atoms with Crippen molar-refractivity contribution >= 4 is 11.6 Å². The van der Waals surface area contributed by atoms with Gasteiger partial charge in [-0.25, -0.2) is 9.97 Å². The Morgan fingerprint density at radius 2 is 2.24 bits per heavy atom. The van der Waals surface area contributed by atoms with E-state index in [2.05, 4.69) is 27.1 Å². The Bertz CT molecular complexity index is 353. The molecule has 0 bridgehead atoms. The van der Waals surface area contributed by atoms with E-state index in [1.165, 1.54) is 6.33 Å². The molecular weight excluding hydrogens is 218 g/mol. The van der Waals surface area contributed by atoms with Crippen LogP contribution in [0.4, 0.5) is 11.6 Å². The SMILES string of the molecule is CC(CN1CCOCC1)Nc1cc(N)ncn1. The van der Waals surface area contributed by atoms with Crippen LogP contribution in [-0.2, 0) is 4.74 Å². The molecule has 6 heteroatoms. The molecular formula is C11H19N5O. The lowest BCUT2D eigenvalue weighted by molar-refractivity contribution is 0.0368. The minimum atomic E-state index is 0.322. The van der Waals surface area contributed by atoms with E-state index in [4.69, 9.17) is 10.5 Å². The number of ether oxygens (including phenoxy) is 1. The molecule has 94 valence electrons. The molecule has 6 nitrogen and oxygen atoms in total. The highest BCUT2D eigenvalue weighted by atomic mass is 16.5. The summed E-state index contributed by atoms with van der Waals surface area (Å²) in [5, 5.41) is 3.32. The van der Waals surface area contributed by atoms with Gasteiger partial charge in [-0.15, -0.1) is 0 Å². The number of hydrogen-bond acceptors (Lipinski definition) is 6. The van der Waals surface area contributed by atoms with Crippen LogP contribution < -0.4 is 11.1 Å². The third kappa shape index (κ3) is 3.83. The molecule has 17 heavy (non-hydrogen) atoms. The number of rotatable bonds is 4. The molecule has 2 heterocycles. The van der Waals surface area contributed by atoms with Gasteiger partial charge in [0, 0.05) is 31.7 Å². The van der Waals surface area contributed by atoms with Crippen LogP contribution in [-0.4, -0.2) is 53.8 Å². The fraction of sp³-hybridized carbons (Fsp3) is 0.636. The molecule has 1 fully saturated rings. The molecule has 0 saturated carbocycles. The molecule has 1 unspecified atom stereocenters. The lowest BCUT2D eigenvalue weighted by Crippen LogP contribution is -2.42. The smallest absolute Gasteiger partial charge is 0.131 e. The van der Waals surface area contributed by atoms with Crippen LogP contribution in [0.1, 0.15) is 6.92 Å². The van der Waals surface area contributed by atoms with Crippen molar-refractivity contribution in [2.45, 2.75) is 13.0 Å². The predicted octanol–water partition coefficient (Wildman–Crippen LogP) is 0.191. The number of morpholine rings is 1. The lowest BCUT2D eigenvalue weighted by Gasteiger charge is -2.29. The first kappa shape index (κ1) is 12.1. The maximum absolute atomic E-state index is 5.60. The van der Waals surface area contributed by atoms with Gasteiger partial charge in [0.25, 0.3) is 0 Å². The molecule has 1 saturated heterocycles. The van der Waals surface area contributed by atoms with E-state index in [0.29, 0.717) is 11.9 Å². The van der Waals surface area contributed by atoms with Crippen molar-refractivity contribution in [3.8, 4) is 0 Å². The lowest BCUT2D eigenvalue weighted by atomic mass is 10.3. The van der Waals surface area contributed by atoms with Crippen LogP contribution in [0.25, 0.3) is 0 Å². The van der Waals surface area contributed by atoms with Gasteiger partial charge in [-0.3, -0.25) is 4.90 Å². The summed E-state index contributed by atoms with van der Waals surface area (Å²) in [7, 11) is 0. The van der Waals surface area contributed by atoms with Gasteiger partial charge in [-0.1, -0.05) is 0 Å². The molecule has 1 aromatic rings. The van der Waals surface area contributed by atoms with Crippen molar-refractivity contribution in [1.82, 2.24) is 14.9 Å². The second-order valence-corrected chi connectivity index (χ2v) is 4.29. The maximum Gasteiger partial charge on any atom is 0.131 e. The average Bonchev–Trinajstić information content (AvgIpc) is 2.30. The second-order valence-electron chi connectivity index (χ2n) is 4.29. The molecule has 0 aromatic carbocycles. The fourth-order valence-electron chi connectivity index (χ4n) is 1.92. The third-order valence-corrected chi connectivity index (χ3v) is 2.72. The molecule has 1 aliphatic heterocycles. The highest BCUT2D eigenvalue weighted by Gasteiger charge is 2.13. The Labute approximate surface area is 101 Å². The monoisotopic (exact) mass is 237 g/mol. The van der Waals surface area contributed by atoms with Gasteiger partial charge < -0.3 is 15.8 Å². The molecule has 3 N–H and O–H groups in total. The first-order valence-corrected chi connectivity index (χ1v) is 5.88. The Kier molecular flexibility index (Phi) is 4.11. The summed E-state index contributed by atoms with van der Waals surface area (Å²) in [5.74, 6) is 1.26. The summed E-state index contributed by atoms with van der Waals surface area (Å²) in [6.07, 6.45) is 1.47. The number of aromatic nitrogens is 2. The summed E-state index contributed by atoms with van der Waals surface area (Å²) in [6, 6.07) is 2.07. The molecule has 1 aliphatic rings. The van der Waals surface area contributed by atoms with E-state index in [0.717, 1.165) is 38.7 Å². The predicted molar refractivity (Wildman–Crippen MR) is 66.8 cm³/mol. The van der Waals surface area contributed by atoms with Gasteiger partial charge in [0.2, 0.25) is 0 Å². The van der Waals surface area contributed by atoms with Crippen molar-refractivity contribution in [2.24, 2.45) is 0 Å². The van der Waals surface area contributed by atoms with Crippen LogP contribution in [0.3, 0.4) is 0 Å². The number of nitrogens with zero attached hydrogens (tertiary/aromatic N) is 3. The summed E-state index contributed by atoms with van der Waals surface area (Å²) in [5.41, 5.74) is 5.60. The molecule has 0 radical (unpaired) electrons. The number of nitrogens with one attached hydrogen (secondary N) is 1. The summed E-state index contributed by atoms with van der Waals surface area (Å²) >= 11 is 0. The van der Waals surface area contributed by atoms with Crippen LogP contribution >= 0.6 is 0 Å². The van der Waals surface area contributed by atoms with Crippen LogP contribution in [0.15, 0.2) is 12.4 Å². The standard InChI is InChI=1S/C11H19N5O/c1-9(7-16-2-4-17-5-3-16)15-11-6-10(12)13-8-14-11/h6,8-9H,2-5,7H2,1H3,(H3,12,13,14,15). The average molecular weight is 237 g/mol. The molecule has 1 atom stereocenters. The second kappa shape index (κ2) is 5.79. The minimum Gasteiger partial charge on any atom is -0.384 e. The Hall–Kier alpha value is -1.40. The number of hydrogen-bond donors (Lipinski definition) is 2. The van der Waals surface area contributed by atoms with Crippen LogP contribution in [0, 0.1) is 0 Å².